The molecule has 0 amide bonds. The van der Waals surface area contributed by atoms with Crippen LogP contribution in [0.3, 0.4) is 0 Å². The lowest BCUT2D eigenvalue weighted by molar-refractivity contribution is 0.385. The van der Waals surface area contributed by atoms with Crippen molar-refractivity contribution < 1.29 is 17.5 Å². The Morgan fingerprint density at radius 3 is 2.60 bits per heavy atom. The zero-order chi connectivity index (χ0) is 17.9. The highest BCUT2D eigenvalue weighted by Crippen LogP contribution is 2.35. The molecule has 4 nitrogen and oxygen atoms in total. The van der Waals surface area contributed by atoms with Gasteiger partial charge in [0.05, 0.1) is 12.0 Å². The summed E-state index contributed by atoms with van der Waals surface area (Å²) in [4.78, 5) is -0.0334. The van der Waals surface area contributed by atoms with Gasteiger partial charge in [0.25, 0.3) is 0 Å². The molecule has 0 aliphatic carbocycles. The van der Waals surface area contributed by atoms with Gasteiger partial charge < -0.3 is 4.74 Å². The van der Waals surface area contributed by atoms with Crippen LogP contribution in [0.4, 0.5) is 4.39 Å². The Hall–Kier alpha value is -1.57. The van der Waals surface area contributed by atoms with Crippen LogP contribution in [0.15, 0.2) is 53.4 Å². The average Bonchev–Trinajstić information content (AvgIpc) is 2.89. The van der Waals surface area contributed by atoms with Crippen LogP contribution < -0.4 is 4.74 Å². The number of hydrogen-bond donors (Lipinski definition) is 0. The molecule has 0 radical (unpaired) electrons. The molecule has 1 saturated heterocycles. The van der Waals surface area contributed by atoms with E-state index in [0.29, 0.717) is 18.8 Å². The Kier molecular flexibility index (Phi) is 5.66. The zero-order valence-corrected chi connectivity index (χ0v) is 15.5. The first-order valence-corrected chi connectivity index (χ1v) is 10.5. The van der Waals surface area contributed by atoms with Gasteiger partial charge in [-0.25, -0.2) is 12.8 Å². The van der Waals surface area contributed by atoms with Gasteiger partial charge in [-0.2, -0.15) is 16.1 Å². The molecule has 0 saturated carbocycles. The van der Waals surface area contributed by atoms with Crippen molar-refractivity contribution in [1.29, 1.82) is 0 Å². The van der Waals surface area contributed by atoms with Crippen molar-refractivity contribution in [3.8, 4) is 5.75 Å². The van der Waals surface area contributed by atoms with Crippen LogP contribution in [0.2, 0.25) is 0 Å². The molecule has 0 spiro atoms. The van der Waals surface area contributed by atoms with Crippen molar-refractivity contribution in [2.45, 2.75) is 16.6 Å². The number of rotatable bonds is 4. The minimum absolute atomic E-state index is 0.0334. The second-order valence-electron chi connectivity index (χ2n) is 5.76. The summed E-state index contributed by atoms with van der Waals surface area (Å²) in [6.45, 7) is 0.840. The summed E-state index contributed by atoms with van der Waals surface area (Å²) < 4.78 is 45.9. The monoisotopic (exact) mass is 381 g/mol. The molecule has 0 aromatic heterocycles. The summed E-state index contributed by atoms with van der Waals surface area (Å²) in [7, 11) is -2.36. The molecule has 2 aromatic carbocycles. The van der Waals surface area contributed by atoms with Gasteiger partial charge in [0.15, 0.2) is 11.6 Å². The Labute approximate surface area is 152 Å². The number of nitrogens with zero attached hydrogens (tertiary/aromatic N) is 1. The summed E-state index contributed by atoms with van der Waals surface area (Å²) in [5, 5.41) is 0.272. The highest BCUT2D eigenvalue weighted by atomic mass is 32.2. The molecule has 1 atom stereocenters. The van der Waals surface area contributed by atoms with E-state index < -0.39 is 15.8 Å². The lowest BCUT2D eigenvalue weighted by Crippen LogP contribution is -2.33. The quantitative estimate of drug-likeness (QED) is 0.810. The van der Waals surface area contributed by atoms with Crippen molar-refractivity contribution >= 4 is 21.8 Å². The molecule has 1 heterocycles. The predicted molar refractivity (Wildman–Crippen MR) is 98.0 cm³/mol. The zero-order valence-electron chi connectivity index (χ0n) is 13.9. The molecule has 0 bridgehead atoms. The number of hydrogen-bond acceptors (Lipinski definition) is 4. The van der Waals surface area contributed by atoms with E-state index in [0.717, 1.165) is 12.5 Å². The van der Waals surface area contributed by atoms with E-state index in [9.17, 15) is 12.8 Å². The molecule has 0 unspecified atom stereocenters. The van der Waals surface area contributed by atoms with Crippen LogP contribution in [0, 0.1) is 5.82 Å². The summed E-state index contributed by atoms with van der Waals surface area (Å²) in [5.41, 5.74) is 1.21. The minimum atomic E-state index is -3.71. The summed E-state index contributed by atoms with van der Waals surface area (Å²) >= 11 is 1.76. The minimum Gasteiger partial charge on any atom is -0.494 e. The molecule has 0 N–H and O–H groups in total. The molecule has 1 fully saturated rings. The van der Waals surface area contributed by atoms with E-state index >= 15 is 0 Å². The van der Waals surface area contributed by atoms with Gasteiger partial charge in [-0.3, -0.25) is 0 Å². The standard InChI is InChI=1S/C18H20FNO3S2/c1-23-17-8-7-15(13-16(17)19)25(21,22)20-10-9-18(24-12-11-20)14-5-3-2-4-6-14/h2-8,13,18H,9-12H2,1H3/t18-/m1/s1. The fourth-order valence-electron chi connectivity index (χ4n) is 2.88. The third kappa shape index (κ3) is 3.99. The number of thioether (sulfide) groups is 1. The van der Waals surface area contributed by atoms with Crippen LogP contribution in [-0.2, 0) is 10.0 Å². The van der Waals surface area contributed by atoms with Gasteiger partial charge in [0.1, 0.15) is 0 Å². The molecular weight excluding hydrogens is 361 g/mol. The maximum atomic E-state index is 13.9. The number of ether oxygens (including phenoxy) is 1. The fourth-order valence-corrected chi connectivity index (χ4v) is 5.70. The van der Waals surface area contributed by atoms with Crippen molar-refractivity contribution in [2.24, 2.45) is 0 Å². The van der Waals surface area contributed by atoms with E-state index in [2.05, 4.69) is 12.1 Å². The number of methoxy groups -OCH3 is 1. The first-order chi connectivity index (χ1) is 12.0. The molecule has 3 rings (SSSR count). The highest BCUT2D eigenvalue weighted by Gasteiger charge is 2.29. The first-order valence-electron chi connectivity index (χ1n) is 8.02. The molecule has 1 aliphatic rings. The van der Waals surface area contributed by atoms with E-state index in [4.69, 9.17) is 4.74 Å². The van der Waals surface area contributed by atoms with Crippen molar-refractivity contribution in [3.63, 3.8) is 0 Å². The first kappa shape index (κ1) is 18.2. The second-order valence-corrected chi connectivity index (χ2v) is 9.01. The normalized spacial score (nSPS) is 19.4. The summed E-state index contributed by atoms with van der Waals surface area (Å²) in [6, 6.07) is 13.9. The van der Waals surface area contributed by atoms with Gasteiger partial charge in [-0.05, 0) is 30.2 Å². The molecule has 1 aliphatic heterocycles. The van der Waals surface area contributed by atoms with E-state index in [1.807, 2.05) is 18.2 Å². The van der Waals surface area contributed by atoms with Crippen LogP contribution >= 0.6 is 11.8 Å². The topological polar surface area (TPSA) is 46.6 Å². The molecule has 134 valence electrons. The van der Waals surface area contributed by atoms with Crippen LogP contribution in [0.5, 0.6) is 5.75 Å². The van der Waals surface area contributed by atoms with E-state index in [-0.39, 0.29) is 15.9 Å². The van der Waals surface area contributed by atoms with E-state index in [1.54, 1.807) is 11.8 Å². The molecule has 2 aromatic rings. The Bertz CT molecular complexity index is 827. The Morgan fingerprint density at radius 1 is 1.16 bits per heavy atom. The smallest absolute Gasteiger partial charge is 0.243 e. The Balaban J connectivity index is 1.78. The number of benzene rings is 2. The van der Waals surface area contributed by atoms with E-state index in [1.165, 1.54) is 29.1 Å². The highest BCUT2D eigenvalue weighted by molar-refractivity contribution is 7.99. The lowest BCUT2D eigenvalue weighted by Gasteiger charge is -2.20. The largest absolute Gasteiger partial charge is 0.494 e. The van der Waals surface area contributed by atoms with Gasteiger partial charge in [-0.1, -0.05) is 30.3 Å². The fraction of sp³-hybridized carbons (Fsp3) is 0.333. The number of sulfonamides is 1. The van der Waals surface area contributed by atoms with Crippen molar-refractivity contribution in [3.05, 3.63) is 59.9 Å². The van der Waals surface area contributed by atoms with Crippen LogP contribution in [-0.4, -0.2) is 38.7 Å². The lowest BCUT2D eigenvalue weighted by atomic mass is 10.1. The molecule has 7 heteroatoms. The predicted octanol–water partition coefficient (Wildman–Crippen LogP) is 3.70. The SMILES string of the molecule is COc1ccc(S(=O)(=O)N2CCS[C@@H](c3ccccc3)CC2)cc1F. The van der Waals surface area contributed by atoms with Gasteiger partial charge in [0.2, 0.25) is 10.0 Å². The Morgan fingerprint density at radius 2 is 1.92 bits per heavy atom. The number of halogens is 1. The average molecular weight is 381 g/mol. The van der Waals surface area contributed by atoms with Crippen LogP contribution in [0.25, 0.3) is 0 Å². The molecular formula is C18H20FNO3S2. The summed E-state index contributed by atoms with van der Waals surface area (Å²) in [6.07, 6.45) is 0.729. The van der Waals surface area contributed by atoms with Gasteiger partial charge in [0, 0.05) is 24.1 Å². The summed E-state index contributed by atoms with van der Waals surface area (Å²) in [5.74, 6) is 0.0710. The van der Waals surface area contributed by atoms with Crippen LogP contribution in [0.1, 0.15) is 17.2 Å². The van der Waals surface area contributed by atoms with Crippen molar-refractivity contribution in [1.82, 2.24) is 4.31 Å². The maximum absolute atomic E-state index is 13.9. The van der Waals surface area contributed by atoms with Gasteiger partial charge >= 0.3 is 0 Å². The third-order valence-corrected chi connectivity index (χ3v) is 7.46. The third-order valence-electron chi connectivity index (χ3n) is 4.23. The van der Waals surface area contributed by atoms with Gasteiger partial charge in [-0.15, -0.1) is 0 Å². The maximum Gasteiger partial charge on any atom is 0.243 e. The molecule has 25 heavy (non-hydrogen) atoms. The van der Waals surface area contributed by atoms with Crippen molar-refractivity contribution in [2.75, 3.05) is 26.0 Å². The second kappa shape index (κ2) is 7.76.